The Balaban J connectivity index is 2.64. The summed E-state index contributed by atoms with van der Waals surface area (Å²) in [5.74, 6) is -0.225. The van der Waals surface area contributed by atoms with Gasteiger partial charge in [0.15, 0.2) is 0 Å². The van der Waals surface area contributed by atoms with E-state index in [0.29, 0.717) is 6.54 Å². The van der Waals surface area contributed by atoms with E-state index in [1.54, 1.807) is 11.9 Å². The summed E-state index contributed by atoms with van der Waals surface area (Å²) in [6.07, 6.45) is -0.0115. The van der Waals surface area contributed by atoms with Crippen LogP contribution in [0.4, 0.5) is 0 Å². The third-order valence-corrected chi connectivity index (χ3v) is 2.49. The van der Waals surface area contributed by atoms with Crippen LogP contribution in [0.15, 0.2) is 24.3 Å². The number of carbonyl (C=O) groups excluding carboxylic acids is 2. The Labute approximate surface area is 96.1 Å². The third kappa shape index (κ3) is 3.50. The van der Waals surface area contributed by atoms with Crippen LogP contribution in [0.2, 0.25) is 0 Å². The van der Waals surface area contributed by atoms with Gasteiger partial charge in [0.2, 0.25) is 5.91 Å². The van der Waals surface area contributed by atoms with Crippen molar-refractivity contribution < 1.29 is 9.59 Å². The van der Waals surface area contributed by atoms with Gasteiger partial charge in [0.25, 0.3) is 0 Å². The highest BCUT2D eigenvalue weighted by atomic mass is 16.2. The lowest BCUT2D eigenvalue weighted by Gasteiger charge is -2.17. The van der Waals surface area contributed by atoms with Crippen molar-refractivity contribution in [3.05, 3.63) is 35.4 Å². The molecule has 0 saturated carbocycles. The number of ketones is 1. The van der Waals surface area contributed by atoms with E-state index in [2.05, 4.69) is 0 Å². The van der Waals surface area contributed by atoms with E-state index in [9.17, 15) is 9.59 Å². The minimum absolute atomic E-state index is 0.0115. The first-order valence-corrected chi connectivity index (χ1v) is 5.28. The smallest absolute Gasteiger partial charge is 0.230 e. The average Bonchev–Trinajstić information content (AvgIpc) is 2.20. The zero-order valence-electron chi connectivity index (χ0n) is 9.99. The van der Waals surface area contributed by atoms with Crippen molar-refractivity contribution in [1.82, 2.24) is 4.90 Å². The second-order valence-corrected chi connectivity index (χ2v) is 4.06. The van der Waals surface area contributed by atoms with Crippen LogP contribution in [0.5, 0.6) is 0 Å². The van der Waals surface area contributed by atoms with E-state index in [-0.39, 0.29) is 18.1 Å². The Kier molecular flexibility index (Phi) is 4.23. The van der Waals surface area contributed by atoms with Gasteiger partial charge < -0.3 is 4.90 Å². The van der Waals surface area contributed by atoms with Gasteiger partial charge in [-0.25, -0.2) is 0 Å². The molecule has 0 spiro atoms. The zero-order valence-corrected chi connectivity index (χ0v) is 9.99. The topological polar surface area (TPSA) is 37.4 Å². The summed E-state index contributed by atoms with van der Waals surface area (Å²) in [5, 5.41) is 0. The average molecular weight is 219 g/mol. The van der Waals surface area contributed by atoms with Crippen LogP contribution in [-0.2, 0) is 16.1 Å². The van der Waals surface area contributed by atoms with E-state index >= 15 is 0 Å². The molecule has 0 radical (unpaired) electrons. The Morgan fingerprint density at radius 1 is 1.25 bits per heavy atom. The lowest BCUT2D eigenvalue weighted by Crippen LogP contribution is -2.27. The molecule has 0 aromatic heterocycles. The molecular formula is C13H17NO2. The molecule has 1 amide bonds. The largest absolute Gasteiger partial charge is 0.341 e. The highest BCUT2D eigenvalue weighted by molar-refractivity contribution is 5.96. The van der Waals surface area contributed by atoms with E-state index in [1.165, 1.54) is 6.92 Å². The van der Waals surface area contributed by atoms with E-state index < -0.39 is 0 Å². The first-order valence-electron chi connectivity index (χ1n) is 5.28. The molecule has 0 unspecified atom stereocenters. The minimum Gasteiger partial charge on any atom is -0.341 e. The fourth-order valence-corrected chi connectivity index (χ4v) is 1.48. The van der Waals surface area contributed by atoms with Crippen LogP contribution in [0.1, 0.15) is 24.5 Å². The second kappa shape index (κ2) is 5.45. The summed E-state index contributed by atoms with van der Waals surface area (Å²) in [4.78, 5) is 24.0. The zero-order chi connectivity index (χ0) is 12.1. The maximum absolute atomic E-state index is 11.6. The quantitative estimate of drug-likeness (QED) is 0.726. The van der Waals surface area contributed by atoms with E-state index in [1.807, 2.05) is 31.2 Å². The second-order valence-electron chi connectivity index (χ2n) is 4.06. The van der Waals surface area contributed by atoms with Gasteiger partial charge in [-0.05, 0) is 25.0 Å². The van der Waals surface area contributed by atoms with Gasteiger partial charge >= 0.3 is 0 Å². The van der Waals surface area contributed by atoms with Crippen molar-refractivity contribution in [1.29, 1.82) is 0 Å². The van der Waals surface area contributed by atoms with Crippen molar-refractivity contribution in [2.75, 3.05) is 7.05 Å². The molecule has 0 fully saturated rings. The monoisotopic (exact) mass is 219 g/mol. The number of aryl methyl sites for hydroxylation is 1. The molecule has 0 saturated heterocycles. The third-order valence-electron chi connectivity index (χ3n) is 2.49. The molecule has 0 aliphatic rings. The summed E-state index contributed by atoms with van der Waals surface area (Å²) in [5.41, 5.74) is 2.27. The molecule has 0 heterocycles. The molecular weight excluding hydrogens is 202 g/mol. The molecule has 0 N–H and O–H groups in total. The van der Waals surface area contributed by atoms with Crippen LogP contribution in [0.3, 0.4) is 0 Å². The Hall–Kier alpha value is -1.64. The molecule has 0 aliphatic carbocycles. The highest BCUT2D eigenvalue weighted by Gasteiger charge is 2.11. The van der Waals surface area contributed by atoms with E-state index in [4.69, 9.17) is 0 Å². The molecule has 3 nitrogen and oxygen atoms in total. The van der Waals surface area contributed by atoms with Crippen LogP contribution in [-0.4, -0.2) is 23.6 Å². The van der Waals surface area contributed by atoms with Gasteiger partial charge in [0.1, 0.15) is 5.78 Å². The first-order chi connectivity index (χ1) is 7.50. The van der Waals surface area contributed by atoms with Gasteiger partial charge in [0.05, 0.1) is 6.42 Å². The number of hydrogen-bond donors (Lipinski definition) is 0. The fourth-order valence-electron chi connectivity index (χ4n) is 1.48. The van der Waals surface area contributed by atoms with Crippen molar-refractivity contribution in [2.24, 2.45) is 0 Å². The number of Topliss-reactive ketones (excluding diaryl/α,β-unsaturated/α-hetero) is 1. The molecule has 1 aromatic rings. The fraction of sp³-hybridized carbons (Fsp3) is 0.385. The minimum atomic E-state index is -0.129. The predicted molar refractivity (Wildman–Crippen MR) is 63.0 cm³/mol. The van der Waals surface area contributed by atoms with E-state index in [0.717, 1.165) is 11.1 Å². The lowest BCUT2D eigenvalue weighted by atomic mass is 10.1. The number of hydrogen-bond acceptors (Lipinski definition) is 2. The van der Waals surface area contributed by atoms with Gasteiger partial charge in [-0.1, -0.05) is 24.3 Å². The van der Waals surface area contributed by atoms with Crippen LogP contribution in [0.25, 0.3) is 0 Å². The first kappa shape index (κ1) is 12.4. The molecule has 3 heteroatoms. The predicted octanol–water partition coefficient (Wildman–Crippen LogP) is 1.93. The summed E-state index contributed by atoms with van der Waals surface area (Å²) in [6.45, 7) is 4.00. The van der Waals surface area contributed by atoms with Gasteiger partial charge in [-0.15, -0.1) is 0 Å². The van der Waals surface area contributed by atoms with Crippen molar-refractivity contribution in [2.45, 2.75) is 26.8 Å². The number of nitrogens with zero attached hydrogens (tertiary/aromatic N) is 1. The molecule has 1 rings (SSSR count). The molecule has 0 bridgehead atoms. The van der Waals surface area contributed by atoms with Crippen LogP contribution >= 0.6 is 0 Å². The number of rotatable bonds is 4. The molecule has 0 aliphatic heterocycles. The summed E-state index contributed by atoms with van der Waals surface area (Å²) >= 11 is 0. The van der Waals surface area contributed by atoms with Gasteiger partial charge in [-0.2, -0.15) is 0 Å². The molecule has 16 heavy (non-hydrogen) atoms. The molecule has 1 aromatic carbocycles. The standard InChI is InChI=1S/C13H17NO2/c1-10-6-4-5-7-12(10)9-14(3)13(16)8-11(2)15/h4-7H,8-9H2,1-3H3. The van der Waals surface area contributed by atoms with Crippen LogP contribution in [0, 0.1) is 6.92 Å². The molecule has 0 atom stereocenters. The Morgan fingerprint density at radius 2 is 1.88 bits per heavy atom. The Bertz CT molecular complexity index is 399. The maximum atomic E-state index is 11.6. The summed E-state index contributed by atoms with van der Waals surface area (Å²) in [7, 11) is 1.72. The SMILES string of the molecule is CC(=O)CC(=O)N(C)Cc1ccccc1C. The lowest BCUT2D eigenvalue weighted by molar-refractivity contribution is -0.134. The number of carbonyl (C=O) groups is 2. The van der Waals surface area contributed by atoms with Crippen molar-refractivity contribution >= 4 is 11.7 Å². The maximum Gasteiger partial charge on any atom is 0.230 e. The van der Waals surface area contributed by atoms with Gasteiger partial charge in [0, 0.05) is 13.6 Å². The van der Waals surface area contributed by atoms with Gasteiger partial charge in [-0.3, -0.25) is 9.59 Å². The van der Waals surface area contributed by atoms with Crippen molar-refractivity contribution in [3.8, 4) is 0 Å². The summed E-state index contributed by atoms with van der Waals surface area (Å²) < 4.78 is 0. The highest BCUT2D eigenvalue weighted by Crippen LogP contribution is 2.10. The number of amides is 1. The van der Waals surface area contributed by atoms with Crippen molar-refractivity contribution in [3.63, 3.8) is 0 Å². The van der Waals surface area contributed by atoms with Crippen LogP contribution < -0.4 is 0 Å². The summed E-state index contributed by atoms with van der Waals surface area (Å²) in [6, 6.07) is 7.92. The number of benzene rings is 1. The molecule has 86 valence electrons. The Morgan fingerprint density at radius 3 is 2.44 bits per heavy atom. The normalized spacial score (nSPS) is 9.94.